The number of ether oxygens (including phenoxy) is 8. The fourth-order valence-corrected chi connectivity index (χ4v) is 15.5. The molecule has 0 atom stereocenters. The molecule has 0 radical (unpaired) electrons. The summed E-state index contributed by atoms with van der Waals surface area (Å²) < 4.78 is 69.7. The van der Waals surface area contributed by atoms with Crippen LogP contribution in [0.1, 0.15) is 0 Å². The van der Waals surface area contributed by atoms with Gasteiger partial charge in [-0.1, -0.05) is 92.8 Å². The van der Waals surface area contributed by atoms with Gasteiger partial charge in [0, 0.05) is 48.5 Å². The maximum Gasteiger partial charge on any atom is 0.211 e. The number of hydrogen-bond donors (Lipinski definition) is 2. The average Bonchev–Trinajstić information content (AvgIpc) is 1.56. The van der Waals surface area contributed by atoms with E-state index in [1.165, 1.54) is 0 Å². The highest BCUT2D eigenvalue weighted by Crippen LogP contribution is 2.60. The van der Waals surface area contributed by atoms with Crippen LogP contribution in [0.25, 0.3) is 89.7 Å². The maximum absolute atomic E-state index is 7.98. The topological polar surface area (TPSA) is 214 Å². The molecule has 0 unspecified atom stereocenters. The van der Waals surface area contributed by atoms with Gasteiger partial charge in [-0.05, 0) is 48.5 Å². The minimum Gasteiger partial charge on any atom is -0.449 e. The van der Waals surface area contributed by atoms with Gasteiger partial charge in [0.15, 0.2) is 165 Å². The molecule has 112 heavy (non-hydrogen) atoms. The zero-order chi connectivity index (χ0) is 77.7. The number of halogens is 8. The van der Waals surface area contributed by atoms with Gasteiger partial charge in [-0.15, -0.1) is 0 Å². The molecule has 15 aromatic rings. The summed E-state index contributed by atoms with van der Waals surface area (Å²) >= 11 is 63.1. The zero-order valence-electron chi connectivity index (χ0n) is 60.0. The molecule has 0 fully saturated rings. The summed E-state index contributed by atoms with van der Waals surface area (Å²) in [6, 6.07) is 28.4. The van der Waals surface area contributed by atoms with Gasteiger partial charge >= 0.3 is 0 Å². The molecular formula is C80H58Cl8N16O8+8. The van der Waals surface area contributed by atoms with Crippen LogP contribution in [0.15, 0.2) is 196 Å². The average molecular weight is 1660 g/mol. The molecular weight excluding hydrogens is 1600 g/mol. The molecule has 554 valence electrons. The lowest BCUT2D eigenvalue weighted by Gasteiger charge is -2.17. The lowest BCUT2D eigenvalue weighted by atomic mass is 10.1. The molecule has 0 amide bonds. The van der Waals surface area contributed by atoms with Crippen molar-refractivity contribution in [1.82, 2.24) is 39.9 Å². The van der Waals surface area contributed by atoms with Crippen LogP contribution < -0.4 is 74.4 Å². The van der Waals surface area contributed by atoms with Crippen molar-refractivity contribution in [1.29, 1.82) is 0 Å². The van der Waals surface area contributed by atoms with Gasteiger partial charge in [0.05, 0.1) is 63.9 Å². The number of nitrogens with one attached hydrogen (secondary N) is 2. The van der Waals surface area contributed by atoms with E-state index >= 15 is 0 Å². The first-order valence-electron chi connectivity index (χ1n) is 34.1. The number of hydrogen-bond acceptors (Lipinski definition) is 14. The molecule has 17 rings (SSSR count). The molecule has 32 heteroatoms. The van der Waals surface area contributed by atoms with Crippen LogP contribution >= 0.6 is 92.8 Å². The van der Waals surface area contributed by atoms with E-state index < -0.39 is 0 Å². The first kappa shape index (κ1) is 73.0. The molecule has 2 N–H and O–H groups in total. The second-order valence-corrected chi connectivity index (χ2v) is 29.2. The van der Waals surface area contributed by atoms with Crippen LogP contribution in [0, 0.1) is 0 Å². The summed E-state index contributed by atoms with van der Waals surface area (Å²) in [5, 5.41) is -0.196. The monoisotopic (exact) mass is 1650 g/mol. The van der Waals surface area contributed by atoms with Crippen LogP contribution in [-0.4, -0.2) is 39.9 Å². The molecule has 0 spiro atoms. The van der Waals surface area contributed by atoms with E-state index in [0.717, 1.165) is 0 Å². The molecule has 2 aliphatic rings. The first-order chi connectivity index (χ1) is 54.0. The van der Waals surface area contributed by atoms with E-state index in [9.17, 15) is 0 Å². The molecule has 0 aliphatic carbocycles. The maximum atomic E-state index is 7.98. The molecule has 13 heterocycles. The van der Waals surface area contributed by atoms with Crippen molar-refractivity contribution in [3.8, 4) is 138 Å². The third-order valence-electron chi connectivity index (χ3n) is 17.8. The molecule has 0 saturated carbocycles. The quantitative estimate of drug-likeness (QED) is 0.0862. The lowest BCUT2D eigenvalue weighted by molar-refractivity contribution is -0.671. The molecule has 0 saturated heterocycles. The molecule has 4 aromatic carbocycles. The first-order valence-corrected chi connectivity index (χ1v) is 37.1. The Morgan fingerprint density at radius 2 is 0.420 bits per heavy atom. The number of aryl methyl sites for hydroxylation is 8. The van der Waals surface area contributed by atoms with Gasteiger partial charge in [0.2, 0.25) is 49.6 Å². The Balaban J connectivity index is 1.10. The lowest BCUT2D eigenvalue weighted by Crippen LogP contribution is -2.26. The number of benzene rings is 4. The van der Waals surface area contributed by atoms with Crippen molar-refractivity contribution in [3.05, 3.63) is 236 Å². The Bertz CT molecular complexity index is 6300. The predicted molar refractivity (Wildman–Crippen MR) is 418 cm³/mol. The number of nitrogens with zero attached hydrogens (tertiary/aromatic N) is 14. The number of H-pyrrole nitrogens is 2. The van der Waals surface area contributed by atoms with Gasteiger partial charge in [-0.2, -0.15) is 0 Å². The number of aromatic amines is 2. The fraction of sp³-hybridized carbons (Fsp3) is 0.100. The number of pyridine rings is 8. The van der Waals surface area contributed by atoms with Crippen molar-refractivity contribution < 1.29 is 74.4 Å². The summed E-state index contributed by atoms with van der Waals surface area (Å²) in [7, 11) is 14.7. The number of aromatic nitrogens is 16. The van der Waals surface area contributed by atoms with E-state index in [4.69, 9.17) is 161 Å². The summed E-state index contributed by atoms with van der Waals surface area (Å²) in [4.78, 5) is 39.9. The smallest absolute Gasteiger partial charge is 0.211 e. The molecule has 2 aliphatic heterocycles. The largest absolute Gasteiger partial charge is 0.449 e. The van der Waals surface area contributed by atoms with Crippen molar-refractivity contribution >= 4 is 137 Å². The third-order valence-corrected chi connectivity index (χ3v) is 20.7. The normalized spacial score (nSPS) is 11.6. The van der Waals surface area contributed by atoms with Crippen molar-refractivity contribution in [3.63, 3.8) is 0 Å². The van der Waals surface area contributed by atoms with Crippen LogP contribution in [0.2, 0.25) is 40.2 Å². The van der Waals surface area contributed by atoms with E-state index in [1.54, 1.807) is 183 Å². The van der Waals surface area contributed by atoms with Crippen molar-refractivity contribution in [2.24, 2.45) is 56.4 Å². The van der Waals surface area contributed by atoms with Gasteiger partial charge in [-0.25, -0.2) is 66.4 Å². The zero-order valence-corrected chi connectivity index (χ0v) is 66.1. The van der Waals surface area contributed by atoms with Gasteiger partial charge < -0.3 is 47.9 Å². The van der Waals surface area contributed by atoms with Gasteiger partial charge in [0.25, 0.3) is 0 Å². The Morgan fingerprint density at radius 1 is 0.223 bits per heavy atom. The highest BCUT2D eigenvalue weighted by molar-refractivity contribution is 6.46. The predicted octanol–water partition coefficient (Wildman–Crippen LogP) is 17.0. The molecule has 8 bridgehead atoms. The van der Waals surface area contributed by atoms with Gasteiger partial charge in [-0.3, -0.25) is 0 Å². The fourth-order valence-electron chi connectivity index (χ4n) is 13.0. The van der Waals surface area contributed by atoms with E-state index in [-0.39, 0.29) is 176 Å². The molecule has 11 aromatic heterocycles. The van der Waals surface area contributed by atoms with Crippen LogP contribution in [0.4, 0.5) is 0 Å². The summed E-state index contributed by atoms with van der Waals surface area (Å²) in [5.41, 5.74) is 0.289. The summed E-state index contributed by atoms with van der Waals surface area (Å²) in [5.74, 6) is 1.90. The van der Waals surface area contributed by atoms with E-state index in [0.29, 0.717) is 46.0 Å². The van der Waals surface area contributed by atoms with Crippen LogP contribution in [0.3, 0.4) is 0 Å². The number of fused-ring (bicyclic) bond motifs is 20. The van der Waals surface area contributed by atoms with Crippen LogP contribution in [0.5, 0.6) is 92.0 Å². The van der Waals surface area contributed by atoms with Crippen molar-refractivity contribution in [2.75, 3.05) is 0 Å². The molecule has 24 nitrogen and oxygen atoms in total. The second kappa shape index (κ2) is 29.4. The van der Waals surface area contributed by atoms with E-state index in [1.807, 2.05) is 106 Å². The Kier molecular flexibility index (Phi) is 19.2. The minimum absolute atomic E-state index is 0.0177. The Morgan fingerprint density at radius 3 is 0.661 bits per heavy atom. The highest BCUT2D eigenvalue weighted by Gasteiger charge is 2.39. The second-order valence-electron chi connectivity index (χ2n) is 26.2. The Hall–Kier alpha value is -11.8. The third kappa shape index (κ3) is 13.7. The minimum atomic E-state index is -0.119. The van der Waals surface area contributed by atoms with Gasteiger partial charge in [0.1, 0.15) is 99.1 Å². The Labute approximate surface area is 676 Å². The summed E-state index contributed by atoms with van der Waals surface area (Å²) in [6.07, 6.45) is 28.7. The highest BCUT2D eigenvalue weighted by atomic mass is 35.5. The SMILES string of the molecule is C[n+]1cccc(Oc2c(Cl)c(Oc3ccc[n+](C)c3)c3c(c2Cl)-c2nc-3nc3[nH]c(nc4nc(nc5[nH]c(n2)c2c(Oc6ccc[n+](C)c6)c(Cl)c(Oc6ccc[n+](C)c6)c(Cl)c52)-c2c(Oc5ccc[n+](C)c5)c(Cl)c(Oc5ccc[n+](C)c5)c(Cl)c2-4)c2c(Oc4ccc[n+](C)c4)c(Cl)c(Oc4ccc[n+](C)c4)c(Cl)c32)c1. The summed E-state index contributed by atoms with van der Waals surface area (Å²) in [6.45, 7) is 0. The van der Waals surface area contributed by atoms with Crippen LogP contribution in [-0.2, 0) is 56.4 Å². The van der Waals surface area contributed by atoms with Crippen molar-refractivity contribution in [2.45, 2.75) is 0 Å². The number of rotatable bonds is 16. The standard InChI is InChI=1S/C80H58Cl8N16O8/c1-97-25-9-17-41(33-97)105-65-53-49(57(81)69(61(65)85)109-45-21-13-29-101(5)37-45)73-89-77(53)93-74-50-54(66(106-42-18-10-26-98(2)34-42)62(86)70(58(50)82)110-46-22-14-30-102(6)38-46)79(90-74)95-76-52-56(68(108-44-20-12-28-100(4)36-44)64(88)72(60(52)84)112-48-24-16-32-104(8)40-48)80(92-76)96-75-51-55(78(91-75)94-73)67(107-43-19-11-27-99(3)35-43)63(87)71(59(51)83)111-47-23-15-31-103(7)39-47/h9-40H,1-8H3,(H2,89,90,91,92,93,94,95,96)/q+8. The van der Waals surface area contributed by atoms with E-state index in [2.05, 4.69) is 9.97 Å².